The van der Waals surface area contributed by atoms with E-state index in [2.05, 4.69) is 54.0 Å². The van der Waals surface area contributed by atoms with Gasteiger partial charge in [-0.2, -0.15) is 53.4 Å². The molecule has 0 atom stereocenters. The van der Waals surface area contributed by atoms with Crippen molar-refractivity contribution in [2.75, 3.05) is 0 Å². The molecule has 2 aliphatic carbocycles. The molecule has 144 valence electrons. The van der Waals surface area contributed by atoms with Gasteiger partial charge >= 0.3 is 34.9 Å². The van der Waals surface area contributed by atoms with Gasteiger partial charge in [0.05, 0.1) is 0 Å². The number of carbonyl (C=O) groups is 1. The fourth-order valence-corrected chi connectivity index (χ4v) is 3.23. The molecular weight excluding hydrogens is 395 g/mol. The first-order chi connectivity index (χ1) is 12.8. The molecule has 0 unspecified atom stereocenters. The number of hydrogen-bond acceptors (Lipinski definition) is 1. The van der Waals surface area contributed by atoms with Gasteiger partial charge in [0.15, 0.2) is 0 Å². The molecule has 2 aromatic rings. The van der Waals surface area contributed by atoms with Gasteiger partial charge in [0.2, 0.25) is 0 Å². The maximum atomic E-state index is 8.69. The van der Waals surface area contributed by atoms with Gasteiger partial charge in [0.25, 0.3) is 0 Å². The van der Waals surface area contributed by atoms with Gasteiger partial charge in [0, 0.05) is 0 Å². The largest absolute Gasteiger partial charge is 0.346 e. The van der Waals surface area contributed by atoms with E-state index < -0.39 is 0 Å². The maximum absolute atomic E-state index is 8.69. The summed E-state index contributed by atoms with van der Waals surface area (Å²) in [6.45, 7) is 9.85. The third-order valence-corrected chi connectivity index (χ3v) is 4.30. The first-order valence-electron chi connectivity index (χ1n) is 9.62. The van der Waals surface area contributed by atoms with Crippen molar-refractivity contribution in [3.63, 3.8) is 0 Å². The van der Waals surface area contributed by atoms with Crippen molar-refractivity contribution in [1.82, 2.24) is 0 Å². The van der Waals surface area contributed by atoms with Crippen molar-refractivity contribution in [2.24, 2.45) is 0 Å². The van der Waals surface area contributed by atoms with E-state index in [0.717, 1.165) is 0 Å². The van der Waals surface area contributed by atoms with Crippen LogP contribution in [0, 0.1) is 13.8 Å². The van der Waals surface area contributed by atoms with Crippen LogP contribution in [0.25, 0.3) is 0 Å². The normalized spacial score (nSPS) is 13.2. The van der Waals surface area contributed by atoms with Crippen LogP contribution >= 0.6 is 0 Å². The van der Waals surface area contributed by atoms with Crippen molar-refractivity contribution >= 4 is 10.00 Å². The van der Waals surface area contributed by atoms with Crippen molar-refractivity contribution in [3.8, 4) is 0 Å². The predicted octanol–water partition coefficient (Wildman–Crippen LogP) is 5.78. The predicted molar refractivity (Wildman–Crippen MR) is 112 cm³/mol. The van der Waals surface area contributed by atoms with E-state index >= 15 is 0 Å². The molecule has 0 radical (unpaired) electrons. The van der Waals surface area contributed by atoms with Crippen LogP contribution in [-0.4, -0.2) is 10.00 Å². The van der Waals surface area contributed by atoms with Crippen LogP contribution in [0.3, 0.4) is 0 Å². The second kappa shape index (κ2) is 17.4. The number of aryl methyl sites for hydroxylation is 4. The third kappa shape index (κ3) is 10.2. The molecule has 0 saturated carbocycles. The van der Waals surface area contributed by atoms with Crippen molar-refractivity contribution in [2.45, 2.75) is 65.2 Å². The smallest absolute Gasteiger partial charge is 0.0180 e. The molecule has 2 heteroatoms. The second-order valence-corrected chi connectivity index (χ2v) is 7.44. The molecule has 1 nitrogen and oxygen atoms in total. The SMILES string of the molecule is C[CH]=[Zr].[CH2-]C.[CH2-]C=O.c1cc2c([cH-]1)CCCC2.c1cc2c([cH-]1)CCCC2. The summed E-state index contributed by atoms with van der Waals surface area (Å²) in [5, 5.41) is 0. The van der Waals surface area contributed by atoms with Crippen LogP contribution in [0.1, 0.15) is 61.8 Å². The summed E-state index contributed by atoms with van der Waals surface area (Å²) in [4.78, 5) is 8.69. The minimum absolute atomic E-state index is 0.500. The Labute approximate surface area is 176 Å². The van der Waals surface area contributed by atoms with Crippen molar-refractivity contribution < 1.29 is 29.0 Å². The Morgan fingerprint density at radius 3 is 1.50 bits per heavy atom. The summed E-state index contributed by atoms with van der Waals surface area (Å²) in [7, 11) is 0. The fourth-order valence-electron chi connectivity index (χ4n) is 3.23. The zero-order valence-corrected chi connectivity index (χ0v) is 19.1. The number of fused-ring (bicyclic) bond motifs is 2. The average molecular weight is 430 g/mol. The quantitative estimate of drug-likeness (QED) is 0.383. The molecule has 0 bridgehead atoms. The molecule has 26 heavy (non-hydrogen) atoms. The molecule has 2 aliphatic rings. The van der Waals surface area contributed by atoms with E-state index in [1.54, 1.807) is 29.2 Å². The molecule has 0 aromatic heterocycles. The van der Waals surface area contributed by atoms with Gasteiger partial charge in [-0.3, -0.25) is 0 Å². The number of hydrogen-bond donors (Lipinski definition) is 0. The summed E-state index contributed by atoms with van der Waals surface area (Å²) in [6, 6.07) is 13.4. The van der Waals surface area contributed by atoms with E-state index in [1.807, 2.05) is 6.92 Å². The van der Waals surface area contributed by atoms with Gasteiger partial charge in [-0.25, -0.2) is 12.1 Å². The molecule has 0 spiro atoms. The zero-order chi connectivity index (χ0) is 19.6. The standard InChI is InChI=1S/2C9H11.C2H3O.C2H5.C2H4.Zr/c2*1-2-5-9-7-3-6-8(9)4-1;1-2-3;2*1-2;/h2*3,6-7H,1-2,4-5H2;2H,1H2;1H2,2H3;1H,2H3;/q4*-1;;. The van der Waals surface area contributed by atoms with Crippen LogP contribution in [0.2, 0.25) is 0 Å². The van der Waals surface area contributed by atoms with Crippen LogP contribution < -0.4 is 0 Å². The van der Waals surface area contributed by atoms with Gasteiger partial charge in [-0.1, -0.05) is 51.4 Å². The Balaban J connectivity index is 0.000000348. The summed E-state index contributed by atoms with van der Waals surface area (Å²) >= 11 is 1.51. The Kier molecular flexibility index (Phi) is 16.7. The summed E-state index contributed by atoms with van der Waals surface area (Å²) in [6.07, 6.45) is 11.4. The second-order valence-electron chi connectivity index (χ2n) is 6.02. The Hall–Kier alpha value is -1.01. The monoisotopic (exact) mass is 428 g/mol. The minimum Gasteiger partial charge on any atom is -0.346 e. The zero-order valence-electron chi connectivity index (χ0n) is 16.6. The van der Waals surface area contributed by atoms with Crippen LogP contribution in [0.15, 0.2) is 36.4 Å². The van der Waals surface area contributed by atoms with E-state index in [1.165, 1.54) is 75.6 Å². The van der Waals surface area contributed by atoms with E-state index in [9.17, 15) is 0 Å². The van der Waals surface area contributed by atoms with E-state index in [0.29, 0.717) is 6.29 Å². The van der Waals surface area contributed by atoms with Crippen LogP contribution in [0.5, 0.6) is 0 Å². The Morgan fingerprint density at radius 1 is 0.885 bits per heavy atom. The van der Waals surface area contributed by atoms with Crippen molar-refractivity contribution in [1.29, 1.82) is 0 Å². The molecule has 0 aliphatic heterocycles. The Bertz CT molecular complexity index is 483. The summed E-state index contributed by atoms with van der Waals surface area (Å²) in [5.74, 6) is 0. The molecule has 2 aromatic carbocycles. The van der Waals surface area contributed by atoms with E-state index in [-0.39, 0.29) is 0 Å². The molecule has 0 heterocycles. The molecule has 0 saturated heterocycles. The first-order valence-corrected chi connectivity index (χ1v) is 11.0. The number of rotatable bonds is 0. The van der Waals surface area contributed by atoms with Gasteiger partial charge in [-0.15, -0.1) is 0 Å². The number of carbonyl (C=O) groups excluding carboxylic acids is 1. The van der Waals surface area contributed by atoms with Crippen molar-refractivity contribution in [3.05, 3.63) is 72.5 Å². The van der Waals surface area contributed by atoms with E-state index in [4.69, 9.17) is 4.79 Å². The molecular formula is C24H34OZr-4. The van der Waals surface area contributed by atoms with Crippen LogP contribution in [-0.2, 0) is 54.7 Å². The summed E-state index contributed by atoms with van der Waals surface area (Å²) < 4.78 is 2.09. The summed E-state index contributed by atoms with van der Waals surface area (Å²) in [5.41, 5.74) is 6.39. The third-order valence-electron chi connectivity index (χ3n) is 4.30. The van der Waals surface area contributed by atoms with Gasteiger partial charge < -0.3 is 18.6 Å². The molecule has 4 rings (SSSR count). The number of aldehydes is 1. The topological polar surface area (TPSA) is 17.1 Å². The first kappa shape index (κ1) is 25.0. The Morgan fingerprint density at radius 2 is 1.19 bits per heavy atom. The van der Waals surface area contributed by atoms with Gasteiger partial charge in [0.1, 0.15) is 0 Å². The molecule has 0 fully saturated rings. The molecule has 0 amide bonds. The minimum atomic E-state index is 0.500. The fraction of sp³-hybridized carbons (Fsp3) is 0.417. The molecule has 0 N–H and O–H groups in total. The van der Waals surface area contributed by atoms with Crippen LogP contribution in [0.4, 0.5) is 0 Å². The maximum Gasteiger partial charge on any atom is -0.0180 e. The average Bonchev–Trinajstić information content (AvgIpc) is 3.34. The van der Waals surface area contributed by atoms with Gasteiger partial charge in [-0.05, 0) is 6.29 Å².